The normalized spacial score (nSPS) is 32.1. The predicted octanol–water partition coefficient (Wildman–Crippen LogP) is 3.14. The number of aromatic nitrogens is 1. The fourth-order valence-electron chi connectivity index (χ4n) is 2.80. The summed E-state index contributed by atoms with van der Waals surface area (Å²) in [7, 11) is 0. The van der Waals surface area contributed by atoms with E-state index in [1.807, 2.05) is 0 Å². The predicted molar refractivity (Wildman–Crippen MR) is 54.5 cm³/mol. The van der Waals surface area contributed by atoms with Crippen molar-refractivity contribution in [1.29, 1.82) is 0 Å². The smallest absolute Gasteiger partial charge is 0.374 e. The summed E-state index contributed by atoms with van der Waals surface area (Å²) in [5.41, 5.74) is -0.00945. The minimum atomic E-state index is -4.32. The summed E-state index contributed by atoms with van der Waals surface area (Å²) >= 11 is 0. The van der Waals surface area contributed by atoms with Crippen LogP contribution in [-0.4, -0.2) is 17.2 Å². The zero-order valence-corrected chi connectivity index (χ0v) is 9.07. The second kappa shape index (κ2) is 3.70. The fourth-order valence-corrected chi connectivity index (χ4v) is 2.80. The van der Waals surface area contributed by atoms with Crippen LogP contribution in [0.25, 0.3) is 0 Å². The van der Waals surface area contributed by atoms with Gasteiger partial charge in [-0.05, 0) is 30.9 Å². The summed E-state index contributed by atoms with van der Waals surface area (Å²) in [6.07, 6.45) is 1.22. The Morgan fingerprint density at radius 3 is 2.65 bits per heavy atom. The first kappa shape index (κ1) is 11.0. The Morgan fingerprint density at radius 2 is 2.06 bits per heavy atom. The van der Waals surface area contributed by atoms with Gasteiger partial charge in [-0.1, -0.05) is 0 Å². The first-order chi connectivity index (χ1) is 8.04. The van der Waals surface area contributed by atoms with Gasteiger partial charge in [-0.15, -0.1) is 0 Å². The van der Waals surface area contributed by atoms with E-state index >= 15 is 0 Å². The molecule has 2 bridgehead atoms. The molecule has 0 aromatic carbocycles. The van der Waals surface area contributed by atoms with Gasteiger partial charge in [0.25, 0.3) is 0 Å². The molecular formula is C12H12F3NO. The Hall–Kier alpha value is -1.10. The minimum absolute atomic E-state index is 0.0866. The van der Waals surface area contributed by atoms with E-state index in [0.29, 0.717) is 5.56 Å². The molecular weight excluding hydrogens is 231 g/mol. The molecule has 2 fully saturated rings. The van der Waals surface area contributed by atoms with E-state index in [2.05, 4.69) is 4.98 Å². The molecule has 17 heavy (non-hydrogen) atoms. The monoisotopic (exact) mass is 243 g/mol. The molecule has 1 aromatic heterocycles. The van der Waals surface area contributed by atoms with Crippen LogP contribution in [0.2, 0.25) is 0 Å². The number of halogens is 3. The first-order valence-corrected chi connectivity index (χ1v) is 5.71. The number of alkyl halides is 3. The minimum Gasteiger partial charge on any atom is -0.374 e. The Kier molecular flexibility index (Phi) is 2.40. The van der Waals surface area contributed by atoms with Crippen LogP contribution in [0.5, 0.6) is 0 Å². The summed E-state index contributed by atoms with van der Waals surface area (Å²) in [5, 5.41) is 0. The van der Waals surface area contributed by atoms with E-state index in [1.54, 1.807) is 0 Å². The van der Waals surface area contributed by atoms with E-state index < -0.39 is 11.7 Å². The van der Waals surface area contributed by atoms with E-state index in [4.69, 9.17) is 4.74 Å². The summed E-state index contributed by atoms with van der Waals surface area (Å²) in [6, 6.07) is 1.21. The van der Waals surface area contributed by atoms with Gasteiger partial charge in [-0.3, -0.25) is 4.98 Å². The highest BCUT2D eigenvalue weighted by Crippen LogP contribution is 2.44. The lowest BCUT2D eigenvalue weighted by Gasteiger charge is -2.19. The number of nitrogens with zero attached hydrogens (tertiary/aromatic N) is 1. The van der Waals surface area contributed by atoms with Crippen LogP contribution in [-0.2, 0) is 10.9 Å². The molecule has 0 spiro atoms. The number of hydrogen-bond acceptors (Lipinski definition) is 2. The zero-order chi connectivity index (χ0) is 12.0. The van der Waals surface area contributed by atoms with Crippen molar-refractivity contribution < 1.29 is 17.9 Å². The molecule has 3 unspecified atom stereocenters. The lowest BCUT2D eigenvalue weighted by atomic mass is 9.84. The second-order valence-electron chi connectivity index (χ2n) is 4.72. The SMILES string of the molecule is FC(F)(F)c1cncc(C2CC3CCC2O3)c1. The lowest BCUT2D eigenvalue weighted by molar-refractivity contribution is -0.137. The molecule has 1 aromatic rings. The van der Waals surface area contributed by atoms with E-state index in [-0.39, 0.29) is 18.1 Å². The Balaban J connectivity index is 1.89. The van der Waals surface area contributed by atoms with Crippen LogP contribution in [0, 0.1) is 0 Å². The number of rotatable bonds is 1. The van der Waals surface area contributed by atoms with Crippen LogP contribution in [0.1, 0.15) is 36.3 Å². The van der Waals surface area contributed by atoms with Gasteiger partial charge in [0.15, 0.2) is 0 Å². The molecule has 2 saturated heterocycles. The second-order valence-corrected chi connectivity index (χ2v) is 4.72. The van der Waals surface area contributed by atoms with E-state index in [9.17, 15) is 13.2 Å². The van der Waals surface area contributed by atoms with Gasteiger partial charge >= 0.3 is 6.18 Å². The quantitative estimate of drug-likeness (QED) is 0.756. The molecule has 3 heterocycles. The van der Waals surface area contributed by atoms with Crippen molar-refractivity contribution in [2.75, 3.05) is 0 Å². The van der Waals surface area contributed by atoms with Gasteiger partial charge in [0, 0.05) is 18.3 Å². The first-order valence-electron chi connectivity index (χ1n) is 5.71. The Bertz CT molecular complexity index is 432. The molecule has 92 valence electrons. The van der Waals surface area contributed by atoms with Crippen LogP contribution >= 0.6 is 0 Å². The number of hydrogen-bond donors (Lipinski definition) is 0. The van der Waals surface area contributed by atoms with Gasteiger partial charge in [-0.2, -0.15) is 13.2 Å². The van der Waals surface area contributed by atoms with Crippen molar-refractivity contribution in [3.05, 3.63) is 29.6 Å². The highest BCUT2D eigenvalue weighted by atomic mass is 19.4. The molecule has 2 nitrogen and oxygen atoms in total. The molecule has 3 atom stereocenters. The zero-order valence-electron chi connectivity index (χ0n) is 9.07. The highest BCUT2D eigenvalue weighted by molar-refractivity contribution is 5.26. The highest BCUT2D eigenvalue weighted by Gasteiger charge is 2.42. The summed E-state index contributed by atoms with van der Waals surface area (Å²) in [4.78, 5) is 3.70. The number of pyridine rings is 1. The maximum Gasteiger partial charge on any atom is 0.417 e. The van der Waals surface area contributed by atoms with Gasteiger partial charge < -0.3 is 4.74 Å². The maximum absolute atomic E-state index is 12.6. The summed E-state index contributed by atoms with van der Waals surface area (Å²) < 4.78 is 43.4. The topological polar surface area (TPSA) is 22.1 Å². The maximum atomic E-state index is 12.6. The molecule has 0 aliphatic carbocycles. The standard InChI is InChI=1S/C12H12F3NO/c13-12(14,15)8-3-7(5-16-6-8)10-4-9-1-2-11(10)17-9/h3,5-6,9-11H,1-2,4H2. The van der Waals surface area contributed by atoms with Crippen LogP contribution in [0.3, 0.4) is 0 Å². The molecule has 5 heteroatoms. The van der Waals surface area contributed by atoms with Crippen LogP contribution in [0.15, 0.2) is 18.5 Å². The largest absolute Gasteiger partial charge is 0.417 e. The fraction of sp³-hybridized carbons (Fsp3) is 0.583. The number of ether oxygens (including phenoxy) is 1. The van der Waals surface area contributed by atoms with Gasteiger partial charge in [0.2, 0.25) is 0 Å². The molecule has 0 amide bonds. The third-order valence-electron chi connectivity index (χ3n) is 3.62. The third kappa shape index (κ3) is 1.92. The molecule has 3 rings (SSSR count). The van der Waals surface area contributed by atoms with Crippen molar-refractivity contribution in [2.24, 2.45) is 0 Å². The third-order valence-corrected chi connectivity index (χ3v) is 3.62. The molecule has 0 saturated carbocycles. The molecule has 0 radical (unpaired) electrons. The molecule has 2 aliphatic rings. The Labute approximate surface area is 96.8 Å². The van der Waals surface area contributed by atoms with Crippen molar-refractivity contribution in [3.63, 3.8) is 0 Å². The van der Waals surface area contributed by atoms with Crippen molar-refractivity contribution in [1.82, 2.24) is 4.98 Å². The van der Waals surface area contributed by atoms with Crippen LogP contribution < -0.4 is 0 Å². The van der Waals surface area contributed by atoms with E-state index in [0.717, 1.165) is 25.5 Å². The van der Waals surface area contributed by atoms with Crippen molar-refractivity contribution >= 4 is 0 Å². The van der Waals surface area contributed by atoms with Crippen LogP contribution in [0.4, 0.5) is 13.2 Å². The number of fused-ring (bicyclic) bond motifs is 2. The average molecular weight is 243 g/mol. The summed E-state index contributed by atoms with van der Waals surface area (Å²) in [6.45, 7) is 0. The van der Waals surface area contributed by atoms with Gasteiger partial charge in [-0.25, -0.2) is 0 Å². The molecule has 2 aliphatic heterocycles. The van der Waals surface area contributed by atoms with E-state index in [1.165, 1.54) is 12.3 Å². The van der Waals surface area contributed by atoms with Crippen molar-refractivity contribution in [3.8, 4) is 0 Å². The summed E-state index contributed by atoms with van der Waals surface area (Å²) in [5.74, 6) is 0.0866. The lowest BCUT2D eigenvalue weighted by Crippen LogP contribution is -2.16. The molecule has 0 N–H and O–H groups in total. The van der Waals surface area contributed by atoms with Gasteiger partial charge in [0.05, 0.1) is 17.8 Å². The van der Waals surface area contributed by atoms with Gasteiger partial charge in [0.1, 0.15) is 0 Å². The average Bonchev–Trinajstić information content (AvgIpc) is 2.89. The van der Waals surface area contributed by atoms with Crippen molar-refractivity contribution in [2.45, 2.75) is 43.6 Å². The Morgan fingerprint density at radius 1 is 1.24 bits per heavy atom.